The van der Waals surface area contributed by atoms with Crippen molar-refractivity contribution in [1.82, 2.24) is 14.5 Å². The molecule has 3 aliphatic heterocycles. The fourth-order valence-electron chi connectivity index (χ4n) is 4.38. The topological polar surface area (TPSA) is 101 Å². The number of aromatic nitrogens is 3. The molecule has 2 aromatic carbocycles. The molecule has 2 aromatic rings. The van der Waals surface area contributed by atoms with Gasteiger partial charge in [0.25, 0.3) is 10.0 Å². The molecule has 0 atom stereocenters. The zero-order valence-electron chi connectivity index (χ0n) is 19.6. The maximum Gasteiger partial charge on any atom is 0.417 e. The third kappa shape index (κ3) is 4.28. The lowest BCUT2D eigenvalue weighted by molar-refractivity contribution is -0.139. The van der Waals surface area contributed by atoms with Crippen molar-refractivity contribution in [2.24, 2.45) is 4.99 Å². The molecular formula is C24H20F4N6O2S. The van der Waals surface area contributed by atoms with Crippen LogP contribution in [0.2, 0.25) is 0 Å². The first-order chi connectivity index (χ1) is 17.5. The minimum absolute atomic E-state index is 0.0913. The Morgan fingerprint density at radius 3 is 2.65 bits per heavy atom. The van der Waals surface area contributed by atoms with Crippen molar-refractivity contribution >= 4 is 21.5 Å². The van der Waals surface area contributed by atoms with E-state index in [2.05, 4.69) is 20.3 Å². The summed E-state index contributed by atoms with van der Waals surface area (Å²) in [6.45, 7) is 2.75. The summed E-state index contributed by atoms with van der Waals surface area (Å²) in [6, 6.07) is 8.10. The minimum Gasteiger partial charge on any atom is -0.369 e. The van der Waals surface area contributed by atoms with Gasteiger partial charge in [0.15, 0.2) is 5.82 Å². The zero-order chi connectivity index (χ0) is 26.5. The number of nitrogens with zero attached hydrogens (tertiary/aromatic N) is 4. The van der Waals surface area contributed by atoms with E-state index in [1.54, 1.807) is 26.2 Å². The molecule has 37 heavy (non-hydrogen) atoms. The Bertz CT molecular complexity index is 1680. The van der Waals surface area contributed by atoms with Crippen LogP contribution in [0.1, 0.15) is 11.1 Å². The third-order valence-corrected chi connectivity index (χ3v) is 7.46. The molecule has 192 valence electrons. The largest absolute Gasteiger partial charge is 0.417 e. The van der Waals surface area contributed by atoms with Gasteiger partial charge in [-0.2, -0.15) is 18.2 Å². The maximum absolute atomic E-state index is 16.0. The molecule has 13 heteroatoms. The Morgan fingerprint density at radius 2 is 1.92 bits per heavy atom. The van der Waals surface area contributed by atoms with Crippen molar-refractivity contribution in [3.8, 4) is 22.5 Å². The second-order valence-electron chi connectivity index (χ2n) is 8.38. The number of anilines is 2. The Balaban J connectivity index is 1.66. The molecule has 0 radical (unpaired) electrons. The van der Waals surface area contributed by atoms with Crippen LogP contribution in [0.4, 0.5) is 29.1 Å². The van der Waals surface area contributed by atoms with Crippen LogP contribution in [-0.2, 0) is 22.7 Å². The minimum atomic E-state index is -4.91. The van der Waals surface area contributed by atoms with E-state index in [9.17, 15) is 21.6 Å². The van der Waals surface area contributed by atoms with E-state index in [-0.39, 0.29) is 5.56 Å². The summed E-state index contributed by atoms with van der Waals surface area (Å²) in [5.41, 5.74) is 0.0916. The summed E-state index contributed by atoms with van der Waals surface area (Å²) in [6.07, 6.45) is -3.35. The predicted molar refractivity (Wildman–Crippen MR) is 129 cm³/mol. The highest BCUT2D eigenvalue weighted by atomic mass is 32.2. The van der Waals surface area contributed by atoms with E-state index >= 15 is 4.39 Å². The van der Waals surface area contributed by atoms with Crippen molar-refractivity contribution in [3.63, 3.8) is 0 Å². The number of nitrogens with one attached hydrogen (secondary N) is 2. The first-order valence-corrected chi connectivity index (χ1v) is 12.6. The molecule has 0 saturated heterocycles. The first kappa shape index (κ1) is 24.7. The van der Waals surface area contributed by atoms with Crippen LogP contribution in [-0.4, -0.2) is 36.5 Å². The summed E-state index contributed by atoms with van der Waals surface area (Å²) in [5, 5.41) is 3.21. The Morgan fingerprint density at radius 1 is 1.16 bits per heavy atom. The second-order valence-corrected chi connectivity index (χ2v) is 10.0. The second kappa shape index (κ2) is 8.83. The molecule has 0 spiro atoms. The average Bonchev–Trinajstić information content (AvgIpc) is 3.36. The molecule has 8 nitrogen and oxygen atoms in total. The summed E-state index contributed by atoms with van der Waals surface area (Å²) in [5.74, 6) is 0.237. The van der Waals surface area contributed by atoms with Gasteiger partial charge in [0.1, 0.15) is 11.6 Å². The van der Waals surface area contributed by atoms with E-state index in [1.807, 2.05) is 9.29 Å². The first-order valence-electron chi connectivity index (χ1n) is 11.1. The molecule has 2 N–H and O–H groups in total. The lowest BCUT2D eigenvalue weighted by Gasteiger charge is -2.20. The average molecular weight is 533 g/mol. The molecule has 3 aliphatic rings. The van der Waals surface area contributed by atoms with Gasteiger partial charge in [-0.1, -0.05) is 18.2 Å². The summed E-state index contributed by atoms with van der Waals surface area (Å²) in [7, 11) is -3.21. The quantitative estimate of drug-likeness (QED) is 0.383. The summed E-state index contributed by atoms with van der Waals surface area (Å²) < 4.78 is 86.1. The highest BCUT2D eigenvalue weighted by Gasteiger charge is 2.37. The molecule has 0 aliphatic carbocycles. The molecule has 0 amide bonds. The van der Waals surface area contributed by atoms with Crippen LogP contribution in [0.3, 0.4) is 0 Å². The molecule has 0 aromatic heterocycles. The number of fused-ring (bicyclic) bond motifs is 3. The van der Waals surface area contributed by atoms with Gasteiger partial charge in [-0.05, 0) is 36.8 Å². The van der Waals surface area contributed by atoms with Crippen molar-refractivity contribution in [1.29, 1.82) is 0 Å². The third-order valence-electron chi connectivity index (χ3n) is 6.04. The Kier molecular flexibility index (Phi) is 5.89. The maximum atomic E-state index is 16.0. The molecule has 0 fully saturated rings. The highest BCUT2D eigenvalue weighted by Crippen LogP contribution is 2.41. The smallest absolute Gasteiger partial charge is 0.369 e. The lowest BCUT2D eigenvalue weighted by Crippen LogP contribution is -2.20. The van der Waals surface area contributed by atoms with Crippen molar-refractivity contribution in [2.45, 2.75) is 24.5 Å². The molecule has 0 saturated carbocycles. The number of sulfonamides is 1. The van der Waals surface area contributed by atoms with Gasteiger partial charge in [0.2, 0.25) is 5.62 Å². The van der Waals surface area contributed by atoms with Crippen LogP contribution in [0.25, 0.3) is 22.5 Å². The molecular weight excluding hydrogens is 512 g/mol. The van der Waals surface area contributed by atoms with Crippen LogP contribution in [0, 0.1) is 12.7 Å². The van der Waals surface area contributed by atoms with E-state index in [4.69, 9.17) is 0 Å². The molecule has 0 unspecified atom stereocenters. The van der Waals surface area contributed by atoms with E-state index < -0.39 is 38.2 Å². The molecule has 0 bridgehead atoms. The van der Waals surface area contributed by atoms with Crippen LogP contribution < -0.4 is 15.7 Å². The monoisotopic (exact) mass is 532 g/mol. The number of pyridine rings is 1. The number of hydrogen-bond acceptors (Lipinski definition) is 6. The highest BCUT2D eigenvalue weighted by molar-refractivity contribution is 7.92. The van der Waals surface area contributed by atoms with Gasteiger partial charge >= 0.3 is 6.18 Å². The molecule has 5 rings (SSSR count). The standard InChI is InChI=1S/C24H20F4N6O2S/c1-13-7-8-17(33-37(35,36)18-6-4-3-5-16(18)24(26,27)28)20(25)19(13)15-11-14-12-31-23(29-2)32-21(14)34-10-9-30-22(15)34/h3-8,11-12,30,33H,9-10H2,1-2H3. The fourth-order valence-corrected chi connectivity index (χ4v) is 5.66. The zero-order valence-corrected chi connectivity index (χ0v) is 20.4. The van der Waals surface area contributed by atoms with Gasteiger partial charge in [0, 0.05) is 43.0 Å². The number of alkyl halides is 3. The number of aryl methyl sites for hydroxylation is 1. The number of halogens is 4. The van der Waals surface area contributed by atoms with Crippen LogP contribution in [0.15, 0.2) is 58.5 Å². The van der Waals surface area contributed by atoms with Crippen LogP contribution in [0.5, 0.6) is 0 Å². The summed E-state index contributed by atoms with van der Waals surface area (Å²) in [4.78, 5) is 11.6. The fraction of sp³-hybridized carbons (Fsp3) is 0.208. The van der Waals surface area contributed by atoms with Crippen LogP contribution >= 0.6 is 0 Å². The van der Waals surface area contributed by atoms with Gasteiger partial charge in [0.05, 0.1) is 16.1 Å². The van der Waals surface area contributed by atoms with Crippen molar-refractivity contribution in [2.75, 3.05) is 23.6 Å². The van der Waals surface area contributed by atoms with Crippen molar-refractivity contribution < 1.29 is 26.0 Å². The van der Waals surface area contributed by atoms with Crippen molar-refractivity contribution in [3.05, 3.63) is 71.2 Å². The Labute approximate surface area is 209 Å². The SMILES string of the molecule is CN=c1ncc2cc(-c3c(C)ccc(NS(=O)(=O)c4ccccc4C(F)(F)F)c3F)c3n(c-2n1)CCN3. The van der Waals surface area contributed by atoms with E-state index in [1.165, 1.54) is 18.2 Å². The number of benzene rings is 2. The predicted octanol–water partition coefficient (Wildman–Crippen LogP) is 4.27. The normalized spacial score (nSPS) is 14.1. The van der Waals surface area contributed by atoms with E-state index in [0.29, 0.717) is 53.1 Å². The van der Waals surface area contributed by atoms with Gasteiger partial charge < -0.3 is 9.88 Å². The number of hydrogen-bond donors (Lipinski definition) is 2. The van der Waals surface area contributed by atoms with Gasteiger partial charge in [-0.3, -0.25) is 9.71 Å². The van der Waals surface area contributed by atoms with Gasteiger partial charge in [-0.15, -0.1) is 0 Å². The molecule has 3 heterocycles. The lowest BCUT2D eigenvalue weighted by atomic mass is 9.97. The van der Waals surface area contributed by atoms with E-state index in [0.717, 1.165) is 12.1 Å². The Hall–Kier alpha value is -4.00. The number of rotatable bonds is 4. The van der Waals surface area contributed by atoms with Gasteiger partial charge in [-0.25, -0.2) is 17.8 Å². The summed E-state index contributed by atoms with van der Waals surface area (Å²) >= 11 is 0.